The molecule has 2 aromatic heterocycles. The number of pyridine rings is 1. The van der Waals surface area contributed by atoms with Gasteiger partial charge in [0.15, 0.2) is 5.43 Å². The van der Waals surface area contributed by atoms with Crippen LogP contribution in [0.5, 0.6) is 5.75 Å². The quantitative estimate of drug-likeness (QED) is 0.493. The first-order valence-corrected chi connectivity index (χ1v) is 9.96. The SMILES string of the molecule is COc1ccc(C2c3c(oc4cc(C)c(C)cc4c3=O)C(=O)N2c2ccccn2)cc1. The van der Waals surface area contributed by atoms with Crippen LogP contribution in [0.15, 0.2) is 70.0 Å². The van der Waals surface area contributed by atoms with Crippen LogP contribution < -0.4 is 15.1 Å². The van der Waals surface area contributed by atoms with E-state index < -0.39 is 6.04 Å². The van der Waals surface area contributed by atoms with Crippen LogP contribution in [-0.2, 0) is 0 Å². The number of rotatable bonds is 3. The molecule has 0 spiro atoms. The molecule has 0 fully saturated rings. The minimum atomic E-state index is -0.648. The zero-order chi connectivity index (χ0) is 21.7. The molecule has 5 rings (SSSR count). The highest BCUT2D eigenvalue weighted by atomic mass is 16.5. The van der Waals surface area contributed by atoms with Crippen LogP contribution in [0, 0.1) is 13.8 Å². The van der Waals surface area contributed by atoms with Crippen molar-refractivity contribution in [3.8, 4) is 5.75 Å². The van der Waals surface area contributed by atoms with Crippen LogP contribution in [-0.4, -0.2) is 18.0 Å². The molecule has 0 aliphatic carbocycles. The van der Waals surface area contributed by atoms with E-state index in [0.29, 0.717) is 28.1 Å². The third-order valence-electron chi connectivity index (χ3n) is 5.81. The van der Waals surface area contributed by atoms with Crippen LogP contribution in [0.2, 0.25) is 0 Å². The van der Waals surface area contributed by atoms with Gasteiger partial charge in [0.2, 0.25) is 5.76 Å². The molecule has 6 heteroatoms. The van der Waals surface area contributed by atoms with Crippen molar-refractivity contribution in [1.29, 1.82) is 0 Å². The summed E-state index contributed by atoms with van der Waals surface area (Å²) in [5, 5.41) is 0.469. The van der Waals surface area contributed by atoms with Gasteiger partial charge in [-0.25, -0.2) is 4.98 Å². The molecule has 4 aromatic rings. The first kappa shape index (κ1) is 19.1. The van der Waals surface area contributed by atoms with Crippen molar-refractivity contribution in [2.24, 2.45) is 0 Å². The number of amides is 1. The second-order valence-electron chi connectivity index (χ2n) is 7.65. The van der Waals surface area contributed by atoms with E-state index in [1.165, 1.54) is 4.90 Å². The van der Waals surface area contributed by atoms with Crippen molar-refractivity contribution in [3.63, 3.8) is 0 Å². The van der Waals surface area contributed by atoms with Crippen molar-refractivity contribution in [3.05, 3.63) is 99.0 Å². The van der Waals surface area contributed by atoms with Crippen molar-refractivity contribution in [2.75, 3.05) is 12.0 Å². The molecule has 2 aromatic carbocycles. The lowest BCUT2D eigenvalue weighted by molar-refractivity contribution is 0.0970. The lowest BCUT2D eigenvalue weighted by atomic mass is 9.97. The van der Waals surface area contributed by atoms with E-state index in [4.69, 9.17) is 9.15 Å². The molecule has 0 N–H and O–H groups in total. The van der Waals surface area contributed by atoms with E-state index in [0.717, 1.165) is 16.7 Å². The average molecular weight is 412 g/mol. The molecule has 1 aliphatic heterocycles. The van der Waals surface area contributed by atoms with Gasteiger partial charge in [-0.2, -0.15) is 0 Å². The summed E-state index contributed by atoms with van der Waals surface area (Å²) in [6.45, 7) is 3.90. The zero-order valence-electron chi connectivity index (χ0n) is 17.4. The predicted molar refractivity (Wildman–Crippen MR) is 118 cm³/mol. The number of hydrogen-bond donors (Lipinski definition) is 0. The number of hydrogen-bond acceptors (Lipinski definition) is 5. The van der Waals surface area contributed by atoms with Gasteiger partial charge in [-0.3, -0.25) is 14.5 Å². The molecule has 0 saturated carbocycles. The molecule has 1 amide bonds. The first-order valence-electron chi connectivity index (χ1n) is 9.96. The molecular weight excluding hydrogens is 392 g/mol. The Balaban J connectivity index is 1.81. The summed E-state index contributed by atoms with van der Waals surface area (Å²) in [5.74, 6) is 0.823. The van der Waals surface area contributed by atoms with Crippen LogP contribution in [0.1, 0.15) is 38.9 Å². The Morgan fingerprint density at radius 1 is 1.00 bits per heavy atom. The number of aryl methyl sites for hydroxylation is 2. The molecule has 3 heterocycles. The third kappa shape index (κ3) is 2.91. The van der Waals surface area contributed by atoms with Crippen LogP contribution >= 0.6 is 0 Å². The van der Waals surface area contributed by atoms with Gasteiger partial charge in [-0.05, 0) is 66.9 Å². The Morgan fingerprint density at radius 3 is 2.42 bits per heavy atom. The fraction of sp³-hybridized carbons (Fsp3) is 0.160. The van der Waals surface area contributed by atoms with Gasteiger partial charge in [0.1, 0.15) is 17.2 Å². The minimum absolute atomic E-state index is 0.0622. The van der Waals surface area contributed by atoms with Crippen LogP contribution in [0.3, 0.4) is 0 Å². The van der Waals surface area contributed by atoms with E-state index in [2.05, 4.69) is 4.98 Å². The van der Waals surface area contributed by atoms with Gasteiger partial charge in [-0.15, -0.1) is 0 Å². The number of nitrogens with zero attached hydrogens (tertiary/aromatic N) is 2. The number of carbonyl (C=O) groups excluding carboxylic acids is 1. The normalized spacial score (nSPS) is 15.4. The van der Waals surface area contributed by atoms with Crippen molar-refractivity contribution in [1.82, 2.24) is 4.98 Å². The number of carbonyl (C=O) groups is 1. The average Bonchev–Trinajstić information content (AvgIpc) is 3.08. The van der Waals surface area contributed by atoms with Crippen molar-refractivity contribution in [2.45, 2.75) is 19.9 Å². The number of methoxy groups -OCH3 is 1. The Bertz CT molecular complexity index is 1380. The summed E-state index contributed by atoms with van der Waals surface area (Å²) in [6, 6.07) is 15.7. The van der Waals surface area contributed by atoms with Gasteiger partial charge >= 0.3 is 0 Å². The van der Waals surface area contributed by atoms with E-state index in [9.17, 15) is 9.59 Å². The summed E-state index contributed by atoms with van der Waals surface area (Å²) >= 11 is 0. The fourth-order valence-corrected chi connectivity index (χ4v) is 4.06. The number of anilines is 1. The van der Waals surface area contributed by atoms with E-state index in [1.807, 2.05) is 56.3 Å². The highest BCUT2D eigenvalue weighted by molar-refractivity contribution is 6.10. The van der Waals surface area contributed by atoms with Crippen molar-refractivity contribution >= 4 is 22.7 Å². The number of ether oxygens (including phenoxy) is 1. The summed E-state index contributed by atoms with van der Waals surface area (Å²) in [4.78, 5) is 33.0. The summed E-state index contributed by atoms with van der Waals surface area (Å²) in [7, 11) is 1.59. The summed E-state index contributed by atoms with van der Waals surface area (Å²) in [6.07, 6.45) is 1.62. The molecule has 1 aliphatic rings. The van der Waals surface area contributed by atoms with Gasteiger partial charge < -0.3 is 9.15 Å². The second-order valence-corrected chi connectivity index (χ2v) is 7.65. The van der Waals surface area contributed by atoms with E-state index in [1.54, 1.807) is 25.4 Å². The Hall–Kier alpha value is -3.93. The molecule has 154 valence electrons. The van der Waals surface area contributed by atoms with Gasteiger partial charge in [0, 0.05) is 6.20 Å². The topological polar surface area (TPSA) is 72.6 Å². The number of benzene rings is 2. The smallest absolute Gasteiger partial charge is 0.296 e. The van der Waals surface area contributed by atoms with Crippen LogP contribution in [0.4, 0.5) is 5.82 Å². The fourth-order valence-electron chi connectivity index (χ4n) is 4.06. The van der Waals surface area contributed by atoms with Crippen molar-refractivity contribution < 1.29 is 13.9 Å². The highest BCUT2D eigenvalue weighted by Gasteiger charge is 2.44. The molecule has 6 nitrogen and oxygen atoms in total. The standard InChI is InChI=1S/C25H20N2O4/c1-14-12-18-19(13-15(14)2)31-24-21(23(18)28)22(16-7-9-17(30-3)10-8-16)27(25(24)29)20-6-4-5-11-26-20/h4-13,22H,1-3H3. The number of fused-ring (bicyclic) bond motifs is 2. The Labute approximate surface area is 178 Å². The molecule has 0 radical (unpaired) electrons. The maximum absolute atomic E-state index is 13.6. The second kappa shape index (κ2) is 7.09. The maximum Gasteiger partial charge on any atom is 0.296 e. The van der Waals surface area contributed by atoms with E-state index >= 15 is 0 Å². The molecule has 1 atom stereocenters. The summed E-state index contributed by atoms with van der Waals surface area (Å²) in [5.41, 5.74) is 3.30. The maximum atomic E-state index is 13.6. The lowest BCUT2D eigenvalue weighted by Gasteiger charge is -2.24. The monoisotopic (exact) mass is 412 g/mol. The number of aromatic nitrogens is 1. The predicted octanol–water partition coefficient (Wildman–Crippen LogP) is 4.56. The lowest BCUT2D eigenvalue weighted by Crippen LogP contribution is -2.30. The highest BCUT2D eigenvalue weighted by Crippen LogP contribution is 2.41. The molecule has 1 unspecified atom stereocenters. The largest absolute Gasteiger partial charge is 0.497 e. The molecule has 31 heavy (non-hydrogen) atoms. The third-order valence-corrected chi connectivity index (χ3v) is 5.81. The summed E-state index contributed by atoms with van der Waals surface area (Å²) < 4.78 is 11.3. The van der Waals surface area contributed by atoms with Gasteiger partial charge in [0.25, 0.3) is 5.91 Å². The molecular formula is C25H20N2O4. The minimum Gasteiger partial charge on any atom is -0.497 e. The van der Waals surface area contributed by atoms with E-state index in [-0.39, 0.29) is 17.1 Å². The zero-order valence-corrected chi connectivity index (χ0v) is 17.4. The first-order chi connectivity index (χ1) is 15.0. The molecule has 0 saturated heterocycles. The van der Waals surface area contributed by atoms with Gasteiger partial charge in [-0.1, -0.05) is 18.2 Å². The van der Waals surface area contributed by atoms with Crippen LogP contribution in [0.25, 0.3) is 11.0 Å². The van der Waals surface area contributed by atoms with Gasteiger partial charge in [0.05, 0.1) is 24.1 Å². The Kier molecular flexibility index (Phi) is 4.36. The molecule has 0 bridgehead atoms. The Morgan fingerprint density at radius 2 is 1.74 bits per heavy atom.